The average Bonchev–Trinajstić information content (AvgIpc) is 2.60. The van der Waals surface area contributed by atoms with Crippen molar-refractivity contribution in [3.63, 3.8) is 0 Å². The van der Waals surface area contributed by atoms with E-state index in [9.17, 15) is 0 Å². The molecule has 1 fully saturated rings. The predicted molar refractivity (Wildman–Crippen MR) is 101 cm³/mol. The summed E-state index contributed by atoms with van der Waals surface area (Å²) >= 11 is 0. The largest absolute Gasteiger partial charge is 0.493 e. The number of nitrogens with zero attached hydrogens (tertiary/aromatic N) is 1. The third kappa shape index (κ3) is 5.81. The first-order valence-corrected chi connectivity index (χ1v) is 8.92. The van der Waals surface area contributed by atoms with Gasteiger partial charge in [0.15, 0.2) is 17.5 Å². The monoisotopic (exact) mass is 349 g/mol. The second-order valence-electron chi connectivity index (χ2n) is 6.68. The summed E-state index contributed by atoms with van der Waals surface area (Å²) in [5.74, 6) is 2.43. The first kappa shape index (κ1) is 19.4. The molecule has 0 aromatic heterocycles. The smallest absolute Gasteiger partial charge is 0.190 e. The molecule has 0 spiro atoms. The lowest BCUT2D eigenvalue weighted by atomic mass is 9.89. The Hall–Kier alpha value is -1.95. The van der Waals surface area contributed by atoms with Crippen molar-refractivity contribution < 1.29 is 14.2 Å². The second-order valence-corrected chi connectivity index (χ2v) is 6.68. The summed E-state index contributed by atoms with van der Waals surface area (Å²) in [6.45, 7) is 8.20. The van der Waals surface area contributed by atoms with Gasteiger partial charge in [0, 0.05) is 25.6 Å². The maximum atomic E-state index is 5.63. The zero-order valence-corrected chi connectivity index (χ0v) is 15.9. The summed E-state index contributed by atoms with van der Waals surface area (Å²) < 4.78 is 16.2. The first-order chi connectivity index (χ1) is 12.1. The molecule has 0 saturated carbocycles. The number of guanidine groups is 1. The van der Waals surface area contributed by atoms with Gasteiger partial charge in [0.05, 0.1) is 26.9 Å². The van der Waals surface area contributed by atoms with E-state index in [2.05, 4.69) is 34.7 Å². The van der Waals surface area contributed by atoms with Gasteiger partial charge in [-0.3, -0.25) is 4.99 Å². The Labute approximate surface area is 151 Å². The standard InChI is InChI=1S/C19H31N3O3/c1-5-25-17-11-15(8-9-16(17)23-4)7-6-10-21-18(20-3)22-12-19(2)13-24-14-19/h8-9,11H,5-7,10,12-14H2,1-4H3,(H2,20,21,22). The van der Waals surface area contributed by atoms with Crippen LogP contribution in [0.5, 0.6) is 11.5 Å². The fraction of sp³-hybridized carbons (Fsp3) is 0.632. The number of hydrogen-bond donors (Lipinski definition) is 2. The summed E-state index contributed by atoms with van der Waals surface area (Å²) in [6.07, 6.45) is 1.98. The number of nitrogens with one attached hydrogen (secondary N) is 2. The van der Waals surface area contributed by atoms with Crippen molar-refractivity contribution in [3.8, 4) is 11.5 Å². The van der Waals surface area contributed by atoms with Gasteiger partial charge in [-0.25, -0.2) is 0 Å². The van der Waals surface area contributed by atoms with E-state index in [1.54, 1.807) is 14.2 Å². The van der Waals surface area contributed by atoms with Crippen molar-refractivity contribution in [2.24, 2.45) is 10.4 Å². The lowest BCUT2D eigenvalue weighted by Crippen LogP contribution is -2.51. The molecule has 1 heterocycles. The highest BCUT2D eigenvalue weighted by molar-refractivity contribution is 5.79. The fourth-order valence-electron chi connectivity index (χ4n) is 2.71. The number of aryl methyl sites for hydroxylation is 1. The van der Waals surface area contributed by atoms with E-state index >= 15 is 0 Å². The topological polar surface area (TPSA) is 64.1 Å². The number of methoxy groups -OCH3 is 1. The molecular formula is C19H31N3O3. The Morgan fingerprint density at radius 3 is 2.68 bits per heavy atom. The summed E-state index contributed by atoms with van der Waals surface area (Å²) in [4.78, 5) is 4.27. The molecule has 0 amide bonds. The molecule has 0 bridgehead atoms. The van der Waals surface area contributed by atoms with E-state index in [1.165, 1.54) is 5.56 Å². The molecule has 0 unspecified atom stereocenters. The summed E-state index contributed by atoms with van der Waals surface area (Å²) in [5, 5.41) is 6.74. The molecular weight excluding hydrogens is 318 g/mol. The lowest BCUT2D eigenvalue weighted by molar-refractivity contribution is -0.0971. The number of rotatable bonds is 9. The van der Waals surface area contributed by atoms with Gasteiger partial charge in [-0.05, 0) is 37.5 Å². The Bertz CT molecular complexity index is 571. The molecule has 1 aromatic rings. The minimum Gasteiger partial charge on any atom is -0.493 e. The Morgan fingerprint density at radius 1 is 1.28 bits per heavy atom. The predicted octanol–water partition coefficient (Wildman–Crippen LogP) is 2.23. The van der Waals surface area contributed by atoms with Gasteiger partial charge in [0.25, 0.3) is 0 Å². The number of benzene rings is 1. The first-order valence-electron chi connectivity index (χ1n) is 8.92. The molecule has 25 heavy (non-hydrogen) atoms. The van der Waals surface area contributed by atoms with Crippen LogP contribution < -0.4 is 20.1 Å². The van der Waals surface area contributed by atoms with E-state index in [-0.39, 0.29) is 5.41 Å². The van der Waals surface area contributed by atoms with Crippen LogP contribution in [0.2, 0.25) is 0 Å². The minimum atomic E-state index is 0.233. The molecule has 6 nitrogen and oxygen atoms in total. The van der Waals surface area contributed by atoms with Crippen molar-refractivity contribution in [2.75, 3.05) is 47.1 Å². The second kappa shape index (κ2) is 9.51. The zero-order chi connectivity index (χ0) is 18.1. The third-order valence-electron chi connectivity index (χ3n) is 4.27. The van der Waals surface area contributed by atoms with E-state index in [1.807, 2.05) is 13.0 Å². The summed E-state index contributed by atoms with van der Waals surface area (Å²) in [7, 11) is 3.46. The van der Waals surface area contributed by atoms with E-state index in [4.69, 9.17) is 14.2 Å². The van der Waals surface area contributed by atoms with Crippen LogP contribution in [0.3, 0.4) is 0 Å². The molecule has 0 atom stereocenters. The van der Waals surface area contributed by atoms with Crippen LogP contribution in [0.1, 0.15) is 25.8 Å². The van der Waals surface area contributed by atoms with E-state index < -0.39 is 0 Å². The highest BCUT2D eigenvalue weighted by Gasteiger charge is 2.33. The normalized spacial score (nSPS) is 16.1. The van der Waals surface area contributed by atoms with Gasteiger partial charge < -0.3 is 24.8 Å². The number of hydrogen-bond acceptors (Lipinski definition) is 4. The molecule has 2 N–H and O–H groups in total. The molecule has 1 aromatic carbocycles. The van der Waals surface area contributed by atoms with Gasteiger partial charge in [0.1, 0.15) is 0 Å². The Morgan fingerprint density at radius 2 is 2.08 bits per heavy atom. The zero-order valence-electron chi connectivity index (χ0n) is 15.9. The quantitative estimate of drug-likeness (QED) is 0.407. The van der Waals surface area contributed by atoms with Crippen LogP contribution in [0.25, 0.3) is 0 Å². The van der Waals surface area contributed by atoms with Crippen LogP contribution in [0.15, 0.2) is 23.2 Å². The van der Waals surface area contributed by atoms with Crippen molar-refractivity contribution >= 4 is 5.96 Å². The molecule has 1 aliphatic heterocycles. The Balaban J connectivity index is 1.73. The third-order valence-corrected chi connectivity index (χ3v) is 4.27. The van der Waals surface area contributed by atoms with Crippen LogP contribution in [-0.2, 0) is 11.2 Å². The molecule has 2 rings (SSSR count). The lowest BCUT2D eigenvalue weighted by Gasteiger charge is -2.38. The molecule has 140 valence electrons. The van der Waals surface area contributed by atoms with Crippen LogP contribution in [0, 0.1) is 5.41 Å². The van der Waals surface area contributed by atoms with Crippen molar-refractivity contribution in [2.45, 2.75) is 26.7 Å². The highest BCUT2D eigenvalue weighted by atomic mass is 16.5. The molecule has 6 heteroatoms. The molecule has 1 saturated heterocycles. The van der Waals surface area contributed by atoms with Gasteiger partial charge in [-0.1, -0.05) is 13.0 Å². The van der Waals surface area contributed by atoms with Crippen LogP contribution in [-0.4, -0.2) is 53.0 Å². The maximum absolute atomic E-state index is 5.63. The average molecular weight is 349 g/mol. The fourth-order valence-corrected chi connectivity index (χ4v) is 2.71. The van der Waals surface area contributed by atoms with E-state index in [0.717, 1.165) is 56.6 Å². The SMILES string of the molecule is CCOc1cc(CCCNC(=NC)NCC2(C)COC2)ccc1OC. The van der Waals surface area contributed by atoms with Crippen molar-refractivity contribution in [3.05, 3.63) is 23.8 Å². The number of aliphatic imine (C=N–C) groups is 1. The van der Waals surface area contributed by atoms with Gasteiger partial charge >= 0.3 is 0 Å². The van der Waals surface area contributed by atoms with E-state index in [0.29, 0.717) is 6.61 Å². The summed E-state index contributed by atoms with van der Waals surface area (Å²) in [5.41, 5.74) is 1.48. The molecule has 0 aliphatic carbocycles. The van der Waals surface area contributed by atoms with Gasteiger partial charge in [-0.15, -0.1) is 0 Å². The highest BCUT2D eigenvalue weighted by Crippen LogP contribution is 2.28. The number of ether oxygens (including phenoxy) is 3. The minimum absolute atomic E-state index is 0.233. The maximum Gasteiger partial charge on any atom is 0.190 e. The van der Waals surface area contributed by atoms with Crippen molar-refractivity contribution in [1.29, 1.82) is 0 Å². The summed E-state index contributed by atoms with van der Waals surface area (Å²) in [6, 6.07) is 6.12. The molecule has 1 aliphatic rings. The van der Waals surface area contributed by atoms with Crippen LogP contribution in [0.4, 0.5) is 0 Å². The Kier molecular flexibility index (Phi) is 7.37. The molecule has 0 radical (unpaired) electrons. The van der Waals surface area contributed by atoms with Crippen LogP contribution >= 0.6 is 0 Å². The van der Waals surface area contributed by atoms with Gasteiger partial charge in [0.2, 0.25) is 0 Å². The van der Waals surface area contributed by atoms with Gasteiger partial charge in [-0.2, -0.15) is 0 Å². The van der Waals surface area contributed by atoms with Crippen molar-refractivity contribution in [1.82, 2.24) is 10.6 Å².